The molecule has 1 aromatic heterocycles. The molecule has 3 aromatic rings. The van der Waals surface area contributed by atoms with Gasteiger partial charge in [-0.25, -0.2) is 13.9 Å². The molecule has 2 aromatic carbocycles. The van der Waals surface area contributed by atoms with Crippen molar-refractivity contribution in [2.45, 2.75) is 31.9 Å². The first-order valence-electron chi connectivity index (χ1n) is 12.4. The summed E-state index contributed by atoms with van der Waals surface area (Å²) in [4.78, 5) is 15.5. The van der Waals surface area contributed by atoms with Crippen LogP contribution in [0.2, 0.25) is 0 Å². The van der Waals surface area contributed by atoms with E-state index in [2.05, 4.69) is 20.6 Å². The molecule has 4 rings (SSSR count). The lowest BCUT2D eigenvalue weighted by Crippen LogP contribution is -2.42. The van der Waals surface area contributed by atoms with E-state index in [1.54, 1.807) is 30.8 Å². The number of nitrogens with one attached hydrogen (secondary N) is 2. The first-order chi connectivity index (χ1) is 17.9. The average molecular weight is 512 g/mol. The van der Waals surface area contributed by atoms with Crippen LogP contribution in [0.25, 0.3) is 5.69 Å². The second-order valence-corrected chi connectivity index (χ2v) is 9.30. The predicted molar refractivity (Wildman–Crippen MR) is 139 cm³/mol. The highest BCUT2D eigenvalue weighted by atomic mass is 19.1. The van der Waals surface area contributed by atoms with E-state index in [-0.39, 0.29) is 30.4 Å². The summed E-state index contributed by atoms with van der Waals surface area (Å²) in [5.74, 6) is 0.500. The van der Waals surface area contributed by atoms with Crippen LogP contribution in [0, 0.1) is 12.7 Å². The molecule has 1 aliphatic rings. The molecule has 37 heavy (non-hydrogen) atoms. The molecular formula is C27H34FN5O4. The largest absolute Gasteiger partial charge is 0.474 e. The molecule has 0 spiro atoms. The van der Waals surface area contributed by atoms with Gasteiger partial charge in [-0.15, -0.1) is 5.10 Å². The number of aliphatic hydroxyl groups is 1. The molecule has 1 saturated heterocycles. The van der Waals surface area contributed by atoms with Crippen molar-refractivity contribution in [2.75, 3.05) is 45.3 Å². The van der Waals surface area contributed by atoms with Crippen molar-refractivity contribution in [3.8, 4) is 11.6 Å². The molecule has 0 aliphatic carbocycles. The number of carbonyl (C=O) groups excluding carboxylic acids is 1. The van der Waals surface area contributed by atoms with E-state index in [4.69, 9.17) is 9.47 Å². The quantitative estimate of drug-likeness (QED) is 0.386. The average Bonchev–Trinajstić information content (AvgIpc) is 3.43. The van der Waals surface area contributed by atoms with Crippen LogP contribution in [0.1, 0.15) is 24.0 Å². The van der Waals surface area contributed by atoms with Crippen LogP contribution in [-0.4, -0.2) is 77.9 Å². The van der Waals surface area contributed by atoms with Crippen LogP contribution in [0.3, 0.4) is 0 Å². The van der Waals surface area contributed by atoms with Gasteiger partial charge >= 0.3 is 6.03 Å². The van der Waals surface area contributed by atoms with Crippen molar-refractivity contribution < 1.29 is 23.8 Å². The number of urea groups is 1. The van der Waals surface area contributed by atoms with E-state index in [1.807, 2.05) is 37.3 Å². The van der Waals surface area contributed by atoms with Crippen molar-refractivity contribution in [1.82, 2.24) is 20.0 Å². The third kappa shape index (κ3) is 6.65. The minimum absolute atomic E-state index is 0.00623. The number of rotatable bonds is 10. The predicted octanol–water partition coefficient (Wildman–Crippen LogP) is 3.32. The fourth-order valence-electron chi connectivity index (χ4n) is 4.51. The van der Waals surface area contributed by atoms with Crippen molar-refractivity contribution in [3.63, 3.8) is 0 Å². The van der Waals surface area contributed by atoms with Crippen molar-refractivity contribution in [3.05, 3.63) is 71.5 Å². The van der Waals surface area contributed by atoms with Gasteiger partial charge in [0.25, 0.3) is 0 Å². The Balaban J connectivity index is 1.55. The molecule has 0 saturated carbocycles. The highest BCUT2D eigenvalue weighted by molar-refractivity contribution is 5.90. The highest BCUT2D eigenvalue weighted by Crippen LogP contribution is 2.30. The van der Waals surface area contributed by atoms with E-state index in [9.17, 15) is 14.3 Å². The van der Waals surface area contributed by atoms with Crippen LogP contribution >= 0.6 is 0 Å². The Labute approximate surface area is 216 Å². The zero-order valence-electron chi connectivity index (χ0n) is 21.4. The smallest absolute Gasteiger partial charge is 0.320 e. The number of amides is 2. The molecule has 1 fully saturated rings. The van der Waals surface area contributed by atoms with Gasteiger partial charge in [-0.05, 0) is 43.7 Å². The summed E-state index contributed by atoms with van der Waals surface area (Å²) in [5, 5.41) is 20.2. The van der Waals surface area contributed by atoms with Crippen molar-refractivity contribution >= 4 is 11.8 Å². The molecule has 10 heteroatoms. The molecule has 0 unspecified atom stereocenters. The first kappa shape index (κ1) is 26.6. The van der Waals surface area contributed by atoms with Gasteiger partial charge in [0, 0.05) is 32.7 Å². The number of aliphatic hydroxyl groups excluding tert-OH is 1. The molecule has 2 amide bonds. The van der Waals surface area contributed by atoms with Crippen LogP contribution in [0.15, 0.2) is 54.6 Å². The molecule has 0 radical (unpaired) electrons. The third-order valence-corrected chi connectivity index (χ3v) is 6.39. The summed E-state index contributed by atoms with van der Waals surface area (Å²) in [7, 11) is 1.66. The Hall–Kier alpha value is -3.47. The van der Waals surface area contributed by atoms with Crippen molar-refractivity contribution in [1.29, 1.82) is 0 Å². The molecule has 3 N–H and O–H groups in total. The number of nitrogens with zero attached hydrogens (tertiary/aromatic N) is 3. The SMILES string of the molecule is COCCN1C[C@@H](NC(=O)Nc2c(C)c(OC[C@H](C)O)nn2-c2ccccc2)[C@H](c2ccc(F)cc2)C1. The van der Waals surface area contributed by atoms with Gasteiger partial charge in [0.1, 0.15) is 18.2 Å². The number of anilines is 1. The summed E-state index contributed by atoms with van der Waals surface area (Å²) >= 11 is 0. The zero-order valence-corrected chi connectivity index (χ0v) is 21.4. The molecule has 1 aliphatic heterocycles. The Bertz CT molecular complexity index is 1170. The molecule has 9 nitrogen and oxygen atoms in total. The minimum atomic E-state index is -0.659. The van der Waals surface area contributed by atoms with Gasteiger partial charge in [-0.1, -0.05) is 30.3 Å². The van der Waals surface area contributed by atoms with Gasteiger partial charge in [0.15, 0.2) is 0 Å². The number of hydrogen-bond acceptors (Lipinski definition) is 6. The summed E-state index contributed by atoms with van der Waals surface area (Å²) in [5.41, 5.74) is 2.36. The van der Waals surface area contributed by atoms with E-state index in [0.29, 0.717) is 30.4 Å². The number of methoxy groups -OCH3 is 1. The Kier molecular flexibility index (Phi) is 8.75. The molecular weight excluding hydrogens is 477 g/mol. The van der Waals surface area contributed by atoms with E-state index >= 15 is 0 Å². The molecule has 3 atom stereocenters. The van der Waals surface area contributed by atoms with E-state index in [1.165, 1.54) is 12.1 Å². The van der Waals surface area contributed by atoms with Gasteiger partial charge in [0.2, 0.25) is 5.88 Å². The highest BCUT2D eigenvalue weighted by Gasteiger charge is 2.35. The van der Waals surface area contributed by atoms with E-state index < -0.39 is 6.10 Å². The maximum Gasteiger partial charge on any atom is 0.320 e. The second kappa shape index (κ2) is 12.2. The van der Waals surface area contributed by atoms with Crippen LogP contribution in [0.4, 0.5) is 15.0 Å². The molecule has 0 bridgehead atoms. The molecule has 2 heterocycles. The number of aromatic nitrogens is 2. The number of benzene rings is 2. The Morgan fingerprint density at radius 1 is 1.19 bits per heavy atom. The summed E-state index contributed by atoms with van der Waals surface area (Å²) in [6, 6.07) is 15.3. The maximum absolute atomic E-state index is 13.5. The van der Waals surface area contributed by atoms with Gasteiger partial charge in [0.05, 0.1) is 30.0 Å². The lowest BCUT2D eigenvalue weighted by atomic mass is 9.94. The fourth-order valence-corrected chi connectivity index (χ4v) is 4.51. The molecule has 198 valence electrons. The maximum atomic E-state index is 13.5. The van der Waals surface area contributed by atoms with E-state index in [0.717, 1.165) is 24.3 Å². The summed E-state index contributed by atoms with van der Waals surface area (Å²) in [6.45, 7) is 6.19. The van der Waals surface area contributed by atoms with Gasteiger partial charge in [-0.2, -0.15) is 0 Å². The second-order valence-electron chi connectivity index (χ2n) is 9.30. The third-order valence-electron chi connectivity index (χ3n) is 6.39. The number of para-hydroxylation sites is 1. The number of ether oxygens (including phenoxy) is 2. The first-order valence-corrected chi connectivity index (χ1v) is 12.4. The fraction of sp³-hybridized carbons (Fsp3) is 0.407. The normalized spacial score (nSPS) is 18.5. The number of hydrogen-bond donors (Lipinski definition) is 3. The van der Waals surface area contributed by atoms with Crippen LogP contribution in [-0.2, 0) is 4.74 Å². The minimum Gasteiger partial charge on any atom is -0.474 e. The van der Waals surface area contributed by atoms with Gasteiger partial charge < -0.3 is 19.9 Å². The zero-order chi connectivity index (χ0) is 26.4. The standard InChI is InChI=1S/C27H34FN5O4/c1-18(34)17-37-26-19(2)25(33(31-26)22-7-5-4-6-8-22)30-27(35)29-24-16-32(13-14-36-3)15-23(24)20-9-11-21(28)12-10-20/h4-12,18,23-24,34H,13-17H2,1-3H3,(H2,29,30,35)/t18-,23-,24+/m0/s1. The Morgan fingerprint density at radius 2 is 1.92 bits per heavy atom. The topological polar surface area (TPSA) is 101 Å². The number of likely N-dealkylation sites (tertiary alicyclic amines) is 1. The van der Waals surface area contributed by atoms with Gasteiger partial charge in [-0.3, -0.25) is 10.2 Å². The Morgan fingerprint density at radius 3 is 2.59 bits per heavy atom. The number of carbonyl (C=O) groups is 1. The van der Waals surface area contributed by atoms with Crippen molar-refractivity contribution in [2.24, 2.45) is 0 Å². The van der Waals surface area contributed by atoms with Crippen LogP contribution in [0.5, 0.6) is 5.88 Å². The van der Waals surface area contributed by atoms with Crippen LogP contribution < -0.4 is 15.4 Å². The number of halogens is 1. The summed E-state index contributed by atoms with van der Waals surface area (Å²) in [6.07, 6.45) is -0.659. The summed E-state index contributed by atoms with van der Waals surface area (Å²) < 4.78 is 26.1. The lowest BCUT2D eigenvalue weighted by molar-refractivity contribution is 0.119. The monoisotopic (exact) mass is 511 g/mol. The lowest BCUT2D eigenvalue weighted by Gasteiger charge is -2.21.